The molecule has 0 aliphatic rings. The SMILES string of the molecule is Cc1ccc(/C=C/C(=O)N[C@@H](CO)C(=O)O)s1. The molecule has 0 bridgehead atoms. The number of aliphatic hydroxyl groups excluding tert-OH is 1. The van der Waals surface area contributed by atoms with E-state index in [0.717, 1.165) is 9.75 Å². The monoisotopic (exact) mass is 255 g/mol. The zero-order chi connectivity index (χ0) is 12.8. The lowest BCUT2D eigenvalue weighted by Gasteiger charge is -2.08. The van der Waals surface area contributed by atoms with E-state index >= 15 is 0 Å². The minimum Gasteiger partial charge on any atom is -0.480 e. The van der Waals surface area contributed by atoms with Crippen molar-refractivity contribution in [3.05, 3.63) is 28.0 Å². The second-order valence-corrected chi connectivity index (χ2v) is 4.68. The molecule has 0 fully saturated rings. The van der Waals surface area contributed by atoms with Crippen molar-refractivity contribution in [2.75, 3.05) is 6.61 Å². The van der Waals surface area contributed by atoms with E-state index in [1.165, 1.54) is 17.4 Å². The van der Waals surface area contributed by atoms with Gasteiger partial charge in [-0.3, -0.25) is 4.79 Å². The van der Waals surface area contributed by atoms with E-state index in [0.29, 0.717) is 0 Å². The number of carboxylic acids is 1. The summed E-state index contributed by atoms with van der Waals surface area (Å²) in [6, 6.07) is 2.53. The highest BCUT2D eigenvalue weighted by atomic mass is 32.1. The lowest BCUT2D eigenvalue weighted by atomic mass is 10.3. The van der Waals surface area contributed by atoms with Gasteiger partial charge in [-0.15, -0.1) is 11.3 Å². The molecule has 3 N–H and O–H groups in total. The van der Waals surface area contributed by atoms with Gasteiger partial charge in [0.15, 0.2) is 6.04 Å². The Balaban J connectivity index is 2.54. The number of carbonyl (C=O) groups is 2. The molecule has 0 unspecified atom stereocenters. The number of hydrogen-bond donors (Lipinski definition) is 3. The average molecular weight is 255 g/mol. The molecule has 1 amide bonds. The van der Waals surface area contributed by atoms with Crippen molar-refractivity contribution >= 4 is 29.3 Å². The van der Waals surface area contributed by atoms with Gasteiger partial charge in [0.2, 0.25) is 5.91 Å². The van der Waals surface area contributed by atoms with Gasteiger partial charge in [0.05, 0.1) is 6.61 Å². The molecule has 1 aromatic heterocycles. The van der Waals surface area contributed by atoms with Crippen molar-refractivity contribution in [1.29, 1.82) is 0 Å². The molecule has 5 nitrogen and oxygen atoms in total. The summed E-state index contributed by atoms with van der Waals surface area (Å²) in [5.41, 5.74) is 0. The fraction of sp³-hybridized carbons (Fsp3) is 0.273. The molecule has 0 spiro atoms. The third-order valence-electron chi connectivity index (χ3n) is 1.96. The Labute approximate surface area is 102 Å². The number of amides is 1. The normalized spacial score (nSPS) is 12.6. The molecule has 0 radical (unpaired) electrons. The number of carbonyl (C=O) groups excluding carboxylic acids is 1. The van der Waals surface area contributed by atoms with Gasteiger partial charge in [0.25, 0.3) is 0 Å². The summed E-state index contributed by atoms with van der Waals surface area (Å²) in [6.45, 7) is 1.32. The molecule has 1 atom stereocenters. The third kappa shape index (κ3) is 4.38. The van der Waals surface area contributed by atoms with E-state index in [9.17, 15) is 9.59 Å². The van der Waals surface area contributed by atoms with Gasteiger partial charge in [-0.05, 0) is 25.1 Å². The van der Waals surface area contributed by atoms with Crippen molar-refractivity contribution in [2.24, 2.45) is 0 Å². The molecule has 6 heteroatoms. The standard InChI is InChI=1S/C11H13NO4S/c1-7-2-3-8(17-7)4-5-10(14)12-9(6-13)11(15)16/h2-5,9,13H,6H2,1H3,(H,12,14)(H,15,16)/b5-4+/t9-/m0/s1. The number of carboxylic acid groups (broad SMARTS) is 1. The first-order chi connectivity index (χ1) is 8.02. The Kier molecular flexibility index (Phi) is 4.86. The van der Waals surface area contributed by atoms with Crippen LogP contribution in [0.15, 0.2) is 18.2 Å². The lowest BCUT2D eigenvalue weighted by molar-refractivity contribution is -0.142. The molecular formula is C11H13NO4S. The predicted octanol–water partition coefficient (Wildman–Crippen LogP) is 0.631. The molecule has 0 aliphatic carbocycles. The molecule has 1 heterocycles. The van der Waals surface area contributed by atoms with Crippen LogP contribution in [0.4, 0.5) is 0 Å². The first-order valence-corrected chi connectivity index (χ1v) is 5.73. The molecule has 0 saturated heterocycles. The Hall–Kier alpha value is -1.66. The van der Waals surface area contributed by atoms with E-state index < -0.39 is 24.5 Å². The van der Waals surface area contributed by atoms with Crippen LogP contribution >= 0.6 is 11.3 Å². The van der Waals surface area contributed by atoms with Crippen LogP contribution in [0.3, 0.4) is 0 Å². The van der Waals surface area contributed by atoms with Gasteiger partial charge in [-0.25, -0.2) is 4.79 Å². The van der Waals surface area contributed by atoms with Crippen molar-refractivity contribution < 1.29 is 19.8 Å². The summed E-state index contributed by atoms with van der Waals surface area (Å²) in [6.07, 6.45) is 2.85. The second-order valence-electron chi connectivity index (χ2n) is 3.36. The Morgan fingerprint density at radius 2 is 2.24 bits per heavy atom. The van der Waals surface area contributed by atoms with Crippen molar-refractivity contribution in [3.63, 3.8) is 0 Å². The molecule has 1 rings (SSSR count). The second kappa shape index (κ2) is 6.17. The van der Waals surface area contributed by atoms with Crippen LogP contribution in [0.1, 0.15) is 9.75 Å². The summed E-state index contributed by atoms with van der Waals surface area (Å²) in [5.74, 6) is -1.81. The fourth-order valence-corrected chi connectivity index (χ4v) is 1.89. The summed E-state index contributed by atoms with van der Waals surface area (Å²) < 4.78 is 0. The maximum Gasteiger partial charge on any atom is 0.328 e. The lowest BCUT2D eigenvalue weighted by Crippen LogP contribution is -2.42. The number of thiophene rings is 1. The van der Waals surface area contributed by atoms with Crippen molar-refractivity contribution in [3.8, 4) is 0 Å². The minimum absolute atomic E-state index is 0.544. The van der Waals surface area contributed by atoms with Gasteiger partial charge in [-0.2, -0.15) is 0 Å². The fourth-order valence-electron chi connectivity index (χ4n) is 1.11. The number of nitrogens with one attached hydrogen (secondary N) is 1. The molecule has 0 aromatic carbocycles. The number of hydrogen-bond acceptors (Lipinski definition) is 4. The first kappa shape index (κ1) is 13.4. The van der Waals surface area contributed by atoms with Crippen molar-refractivity contribution in [2.45, 2.75) is 13.0 Å². The predicted molar refractivity (Wildman–Crippen MR) is 64.7 cm³/mol. The highest BCUT2D eigenvalue weighted by Gasteiger charge is 2.16. The van der Waals surface area contributed by atoms with Gasteiger partial charge < -0.3 is 15.5 Å². The smallest absolute Gasteiger partial charge is 0.328 e. The summed E-state index contributed by atoms with van der Waals surface area (Å²) in [5, 5.41) is 19.5. The van der Waals surface area contributed by atoms with E-state index in [2.05, 4.69) is 5.32 Å². The molecule has 17 heavy (non-hydrogen) atoms. The van der Waals surface area contributed by atoms with Gasteiger partial charge in [-0.1, -0.05) is 0 Å². The highest BCUT2D eigenvalue weighted by Crippen LogP contribution is 2.16. The van der Waals surface area contributed by atoms with Crippen LogP contribution in [-0.4, -0.2) is 34.7 Å². The quantitative estimate of drug-likeness (QED) is 0.674. The van der Waals surface area contributed by atoms with Crippen LogP contribution in [-0.2, 0) is 9.59 Å². The van der Waals surface area contributed by atoms with Crippen LogP contribution < -0.4 is 5.32 Å². The Morgan fingerprint density at radius 3 is 2.71 bits per heavy atom. The van der Waals surface area contributed by atoms with Gasteiger partial charge >= 0.3 is 5.97 Å². The summed E-state index contributed by atoms with van der Waals surface area (Å²) in [7, 11) is 0. The summed E-state index contributed by atoms with van der Waals surface area (Å²) in [4.78, 5) is 23.9. The zero-order valence-electron chi connectivity index (χ0n) is 9.21. The van der Waals surface area contributed by atoms with Crippen LogP contribution in [0.5, 0.6) is 0 Å². The average Bonchev–Trinajstić information content (AvgIpc) is 2.68. The van der Waals surface area contributed by atoms with E-state index in [-0.39, 0.29) is 0 Å². The number of rotatable bonds is 5. The van der Waals surface area contributed by atoms with Gasteiger partial charge in [0.1, 0.15) is 0 Å². The topological polar surface area (TPSA) is 86.6 Å². The number of aliphatic hydroxyl groups is 1. The van der Waals surface area contributed by atoms with E-state index in [1.54, 1.807) is 6.08 Å². The maximum atomic E-state index is 11.3. The molecule has 0 saturated carbocycles. The molecule has 1 aromatic rings. The minimum atomic E-state index is -1.27. The largest absolute Gasteiger partial charge is 0.480 e. The highest BCUT2D eigenvalue weighted by molar-refractivity contribution is 7.12. The van der Waals surface area contributed by atoms with Crippen molar-refractivity contribution in [1.82, 2.24) is 5.32 Å². The summed E-state index contributed by atoms with van der Waals surface area (Å²) >= 11 is 1.53. The number of aryl methyl sites for hydroxylation is 1. The molecule has 92 valence electrons. The maximum absolute atomic E-state index is 11.3. The van der Waals surface area contributed by atoms with Gasteiger partial charge in [0, 0.05) is 15.8 Å². The van der Waals surface area contributed by atoms with E-state index in [1.807, 2.05) is 19.1 Å². The van der Waals surface area contributed by atoms with Crippen LogP contribution in [0.2, 0.25) is 0 Å². The van der Waals surface area contributed by atoms with Crippen LogP contribution in [0.25, 0.3) is 6.08 Å². The van der Waals surface area contributed by atoms with E-state index in [4.69, 9.17) is 10.2 Å². The third-order valence-corrected chi connectivity index (χ3v) is 2.92. The Morgan fingerprint density at radius 1 is 1.53 bits per heavy atom. The zero-order valence-corrected chi connectivity index (χ0v) is 10.0. The Bertz CT molecular complexity index is 438. The number of aliphatic carboxylic acids is 1. The van der Waals surface area contributed by atoms with Crippen LogP contribution in [0, 0.1) is 6.92 Å². The molecular weight excluding hydrogens is 242 g/mol. The molecule has 0 aliphatic heterocycles. The first-order valence-electron chi connectivity index (χ1n) is 4.91.